The van der Waals surface area contributed by atoms with Gasteiger partial charge in [-0.25, -0.2) is 4.79 Å². The van der Waals surface area contributed by atoms with Gasteiger partial charge in [0.15, 0.2) is 0 Å². The molecule has 136 valence electrons. The number of benzene rings is 1. The van der Waals surface area contributed by atoms with Crippen molar-refractivity contribution in [2.24, 2.45) is 0 Å². The zero-order chi connectivity index (χ0) is 18.6. The van der Waals surface area contributed by atoms with E-state index in [1.54, 1.807) is 14.2 Å². The molecule has 0 saturated carbocycles. The van der Waals surface area contributed by atoms with Crippen molar-refractivity contribution in [3.05, 3.63) is 53.0 Å². The molecule has 2 N–H and O–H groups in total. The number of ether oxygens (including phenoxy) is 1. The fraction of sp³-hybridized carbons (Fsp3) is 0.421. The summed E-state index contributed by atoms with van der Waals surface area (Å²) in [5.41, 5.74) is 1.79. The number of hydrogen-bond donors (Lipinski definition) is 2. The maximum absolute atomic E-state index is 12.6. The second-order valence-electron chi connectivity index (χ2n) is 6.12. The van der Waals surface area contributed by atoms with Crippen molar-refractivity contribution in [1.82, 2.24) is 10.2 Å². The minimum absolute atomic E-state index is 0.172. The monoisotopic (exact) mass is 346 g/mol. The first kappa shape index (κ1) is 18.9. The van der Waals surface area contributed by atoms with E-state index in [4.69, 9.17) is 9.15 Å². The Bertz CT molecular complexity index is 709. The average Bonchev–Trinajstić information content (AvgIpc) is 2.94. The van der Waals surface area contributed by atoms with Gasteiger partial charge < -0.3 is 24.5 Å². The van der Waals surface area contributed by atoms with Gasteiger partial charge in [-0.1, -0.05) is 12.1 Å². The number of rotatable bonds is 6. The summed E-state index contributed by atoms with van der Waals surface area (Å²) in [4.78, 5) is 14.1. The van der Waals surface area contributed by atoms with Crippen molar-refractivity contribution < 1.29 is 19.1 Å². The lowest BCUT2D eigenvalue weighted by Gasteiger charge is -2.28. The number of aliphatic hydroxyl groups excluding tert-OH is 1. The predicted molar refractivity (Wildman–Crippen MR) is 95.7 cm³/mol. The first-order valence-electron chi connectivity index (χ1n) is 8.22. The van der Waals surface area contributed by atoms with E-state index in [-0.39, 0.29) is 18.7 Å². The molecule has 2 rings (SSSR count). The third-order valence-electron chi connectivity index (χ3n) is 4.35. The average molecular weight is 346 g/mol. The third kappa shape index (κ3) is 4.33. The summed E-state index contributed by atoms with van der Waals surface area (Å²) in [6.07, 6.45) is 0. The van der Waals surface area contributed by atoms with Crippen LogP contribution in [0.3, 0.4) is 0 Å². The van der Waals surface area contributed by atoms with Gasteiger partial charge in [0.1, 0.15) is 17.3 Å². The van der Waals surface area contributed by atoms with E-state index in [1.165, 1.54) is 4.90 Å². The molecule has 0 radical (unpaired) electrons. The minimum Gasteiger partial charge on any atom is -0.497 e. The minimum atomic E-state index is -0.440. The Balaban J connectivity index is 2.09. The van der Waals surface area contributed by atoms with Crippen LogP contribution in [0, 0.1) is 13.8 Å². The van der Waals surface area contributed by atoms with Crippen molar-refractivity contribution in [3.63, 3.8) is 0 Å². The number of nitrogens with zero attached hydrogens (tertiary/aromatic N) is 1. The molecular weight excluding hydrogens is 320 g/mol. The number of likely N-dealkylation sites (N-methyl/N-ethyl adjacent to an activating group) is 1. The fourth-order valence-electron chi connectivity index (χ4n) is 2.86. The molecule has 2 amide bonds. The molecule has 2 unspecified atom stereocenters. The molecule has 6 nitrogen and oxygen atoms in total. The summed E-state index contributed by atoms with van der Waals surface area (Å²) in [6.45, 7) is 5.49. The number of aliphatic hydroxyl groups is 1. The molecule has 2 atom stereocenters. The van der Waals surface area contributed by atoms with E-state index in [0.717, 1.165) is 28.4 Å². The molecule has 1 aromatic carbocycles. The number of carbonyl (C=O) groups is 1. The Morgan fingerprint density at radius 2 is 1.96 bits per heavy atom. The maximum Gasteiger partial charge on any atom is 0.318 e. The van der Waals surface area contributed by atoms with Gasteiger partial charge >= 0.3 is 6.03 Å². The van der Waals surface area contributed by atoms with Crippen LogP contribution in [0.15, 0.2) is 34.7 Å². The molecule has 0 aliphatic heterocycles. The maximum atomic E-state index is 12.6. The van der Waals surface area contributed by atoms with E-state index in [1.807, 2.05) is 51.1 Å². The van der Waals surface area contributed by atoms with Crippen molar-refractivity contribution in [2.45, 2.75) is 32.9 Å². The number of nitrogens with one attached hydrogen (secondary N) is 1. The highest BCUT2D eigenvalue weighted by Crippen LogP contribution is 2.24. The summed E-state index contributed by atoms with van der Waals surface area (Å²) in [5.74, 6) is 2.34. The van der Waals surface area contributed by atoms with Gasteiger partial charge in [0.2, 0.25) is 0 Å². The Hall–Kier alpha value is -2.47. The third-order valence-corrected chi connectivity index (χ3v) is 4.35. The van der Waals surface area contributed by atoms with Crippen LogP contribution in [-0.4, -0.2) is 36.8 Å². The Kier molecular flexibility index (Phi) is 6.09. The van der Waals surface area contributed by atoms with Gasteiger partial charge in [0.05, 0.1) is 25.8 Å². The number of amides is 2. The van der Waals surface area contributed by atoms with E-state index in [0.29, 0.717) is 0 Å². The number of urea groups is 1. The van der Waals surface area contributed by atoms with E-state index in [9.17, 15) is 9.90 Å². The summed E-state index contributed by atoms with van der Waals surface area (Å²) in [5, 5.41) is 12.7. The number of furan rings is 1. The molecule has 0 bridgehead atoms. The molecule has 0 aliphatic carbocycles. The summed E-state index contributed by atoms with van der Waals surface area (Å²) >= 11 is 0. The molecule has 1 heterocycles. The molecule has 0 fully saturated rings. The molecule has 2 aromatic rings. The Labute approximate surface area is 148 Å². The summed E-state index contributed by atoms with van der Waals surface area (Å²) in [7, 11) is 3.26. The van der Waals surface area contributed by atoms with Crippen LogP contribution in [-0.2, 0) is 0 Å². The highest BCUT2D eigenvalue weighted by atomic mass is 16.5. The fourth-order valence-corrected chi connectivity index (χ4v) is 2.86. The smallest absolute Gasteiger partial charge is 0.318 e. The summed E-state index contributed by atoms with van der Waals surface area (Å²) < 4.78 is 10.7. The summed E-state index contributed by atoms with van der Waals surface area (Å²) in [6, 6.07) is 8.34. The number of hydrogen-bond acceptors (Lipinski definition) is 4. The first-order chi connectivity index (χ1) is 11.9. The molecule has 1 aromatic heterocycles. The van der Waals surface area contributed by atoms with E-state index in [2.05, 4.69) is 5.32 Å². The van der Waals surface area contributed by atoms with Crippen LogP contribution >= 0.6 is 0 Å². The quantitative estimate of drug-likeness (QED) is 0.841. The van der Waals surface area contributed by atoms with Crippen LogP contribution in [0.4, 0.5) is 4.79 Å². The van der Waals surface area contributed by atoms with Gasteiger partial charge in [-0.2, -0.15) is 0 Å². The zero-order valence-electron chi connectivity index (χ0n) is 15.4. The van der Waals surface area contributed by atoms with Gasteiger partial charge in [-0.3, -0.25) is 0 Å². The molecular formula is C19H26N2O4. The van der Waals surface area contributed by atoms with Gasteiger partial charge in [0, 0.05) is 12.6 Å². The highest BCUT2D eigenvalue weighted by Gasteiger charge is 2.23. The van der Waals surface area contributed by atoms with Crippen LogP contribution in [0.25, 0.3) is 0 Å². The van der Waals surface area contributed by atoms with Crippen molar-refractivity contribution >= 4 is 6.03 Å². The lowest BCUT2D eigenvalue weighted by Crippen LogP contribution is -2.41. The zero-order valence-corrected chi connectivity index (χ0v) is 15.4. The van der Waals surface area contributed by atoms with Crippen LogP contribution in [0.2, 0.25) is 0 Å². The molecule has 0 saturated heterocycles. The number of aryl methyl sites for hydroxylation is 2. The Morgan fingerprint density at radius 1 is 1.32 bits per heavy atom. The Morgan fingerprint density at radius 3 is 2.44 bits per heavy atom. The standard InChI is InChI=1S/C19H26N2O4/c1-12-10-17(14(3)25-12)13(2)20-19(23)21(4)18(11-22)15-6-8-16(24-5)9-7-15/h6-10,13,18,22H,11H2,1-5H3,(H,20,23). The first-order valence-corrected chi connectivity index (χ1v) is 8.22. The number of methoxy groups -OCH3 is 1. The van der Waals surface area contributed by atoms with Gasteiger partial charge in [0.25, 0.3) is 0 Å². The SMILES string of the molecule is COc1ccc(C(CO)N(C)C(=O)NC(C)c2cc(C)oc2C)cc1. The topological polar surface area (TPSA) is 74.9 Å². The van der Waals surface area contributed by atoms with Gasteiger partial charge in [-0.15, -0.1) is 0 Å². The normalized spacial score (nSPS) is 13.2. The van der Waals surface area contributed by atoms with Crippen LogP contribution in [0.1, 0.15) is 41.7 Å². The van der Waals surface area contributed by atoms with Crippen molar-refractivity contribution in [3.8, 4) is 5.75 Å². The lowest BCUT2D eigenvalue weighted by molar-refractivity contribution is 0.148. The van der Waals surface area contributed by atoms with E-state index >= 15 is 0 Å². The van der Waals surface area contributed by atoms with Crippen LogP contribution in [0.5, 0.6) is 5.75 Å². The van der Waals surface area contributed by atoms with Gasteiger partial charge in [-0.05, 0) is 44.5 Å². The lowest BCUT2D eigenvalue weighted by atomic mass is 10.1. The molecule has 0 aliphatic rings. The largest absolute Gasteiger partial charge is 0.497 e. The van der Waals surface area contributed by atoms with Crippen LogP contribution < -0.4 is 10.1 Å². The van der Waals surface area contributed by atoms with Crippen molar-refractivity contribution in [2.75, 3.05) is 20.8 Å². The van der Waals surface area contributed by atoms with E-state index < -0.39 is 6.04 Å². The highest BCUT2D eigenvalue weighted by molar-refractivity contribution is 5.75. The molecule has 0 spiro atoms. The van der Waals surface area contributed by atoms with Crippen molar-refractivity contribution in [1.29, 1.82) is 0 Å². The second kappa shape index (κ2) is 8.07. The number of carbonyl (C=O) groups excluding carboxylic acids is 1. The predicted octanol–water partition coefficient (Wildman–Crippen LogP) is 3.34. The second-order valence-corrected chi connectivity index (χ2v) is 6.12. The molecule has 25 heavy (non-hydrogen) atoms. The molecule has 6 heteroatoms.